The van der Waals surface area contributed by atoms with E-state index in [1.807, 2.05) is 11.8 Å². The summed E-state index contributed by atoms with van der Waals surface area (Å²) >= 11 is 2.42. The number of fused-ring (bicyclic) bond motifs is 2. The topological polar surface area (TPSA) is 29.5 Å². The average molecular weight is 309 g/mol. The lowest BCUT2D eigenvalue weighted by atomic mass is 9.91. The Morgan fingerprint density at radius 1 is 1.57 bits per heavy atom. The molecular weight excluding hydrogens is 293 g/mol. The third-order valence-corrected chi connectivity index (χ3v) is 4.47. The van der Waals surface area contributed by atoms with Gasteiger partial charge in [-0.15, -0.1) is 0 Å². The summed E-state index contributed by atoms with van der Waals surface area (Å²) in [5, 5.41) is 0. The number of carbonyl (C=O) groups is 1. The zero-order valence-electron chi connectivity index (χ0n) is 8.41. The van der Waals surface area contributed by atoms with Crippen LogP contribution in [-0.4, -0.2) is 34.1 Å². The van der Waals surface area contributed by atoms with Crippen LogP contribution < -0.4 is 0 Å². The first-order chi connectivity index (χ1) is 6.77. The fourth-order valence-corrected chi connectivity index (χ4v) is 3.71. The largest absolute Gasteiger partial charge is 0.450 e. The molecule has 0 N–H and O–H groups in total. The maximum absolute atomic E-state index is 11.7. The summed E-state index contributed by atoms with van der Waals surface area (Å²) in [7, 11) is 0. The molecule has 4 heteroatoms. The Kier molecular flexibility index (Phi) is 3.19. The zero-order valence-corrected chi connectivity index (χ0v) is 10.6. The molecule has 2 bridgehead atoms. The van der Waals surface area contributed by atoms with E-state index in [0.29, 0.717) is 24.6 Å². The quantitative estimate of drug-likeness (QED) is 0.579. The number of nitrogens with zero attached hydrogens (tertiary/aromatic N) is 1. The highest BCUT2D eigenvalue weighted by Gasteiger charge is 2.48. The van der Waals surface area contributed by atoms with Crippen LogP contribution in [0.5, 0.6) is 0 Å². The van der Waals surface area contributed by atoms with Gasteiger partial charge in [0.25, 0.3) is 0 Å². The maximum Gasteiger partial charge on any atom is 0.410 e. The number of carbonyl (C=O) groups excluding carboxylic acids is 1. The molecule has 0 spiro atoms. The third-order valence-electron chi connectivity index (χ3n) is 3.34. The molecule has 2 aliphatic heterocycles. The van der Waals surface area contributed by atoms with E-state index < -0.39 is 0 Å². The van der Waals surface area contributed by atoms with Crippen LogP contribution in [-0.2, 0) is 4.74 Å². The van der Waals surface area contributed by atoms with Crippen molar-refractivity contribution < 1.29 is 9.53 Å². The van der Waals surface area contributed by atoms with Crippen LogP contribution >= 0.6 is 22.6 Å². The van der Waals surface area contributed by atoms with Gasteiger partial charge in [-0.05, 0) is 32.1 Å². The average Bonchev–Trinajstić information content (AvgIpc) is 2.74. The zero-order chi connectivity index (χ0) is 10.1. The van der Waals surface area contributed by atoms with Crippen molar-refractivity contribution in [2.75, 3.05) is 11.0 Å². The number of rotatable bonds is 2. The van der Waals surface area contributed by atoms with Crippen molar-refractivity contribution in [3.8, 4) is 0 Å². The number of amides is 1. The highest BCUT2D eigenvalue weighted by molar-refractivity contribution is 14.1. The van der Waals surface area contributed by atoms with Gasteiger partial charge in [0, 0.05) is 16.5 Å². The molecule has 0 aromatic rings. The molecule has 2 rings (SSSR count). The van der Waals surface area contributed by atoms with Crippen LogP contribution in [0, 0.1) is 5.92 Å². The molecule has 3 unspecified atom stereocenters. The Hall–Kier alpha value is 0. The molecule has 3 atom stereocenters. The van der Waals surface area contributed by atoms with Gasteiger partial charge in [0.1, 0.15) is 0 Å². The molecule has 0 aromatic carbocycles. The molecule has 0 radical (unpaired) electrons. The minimum absolute atomic E-state index is 0.0904. The Labute approximate surface area is 98.3 Å². The Morgan fingerprint density at radius 2 is 2.36 bits per heavy atom. The van der Waals surface area contributed by atoms with Gasteiger partial charge in [-0.1, -0.05) is 22.6 Å². The molecule has 1 amide bonds. The van der Waals surface area contributed by atoms with Crippen LogP contribution in [0.3, 0.4) is 0 Å². The molecule has 0 aromatic heterocycles. The van der Waals surface area contributed by atoms with Crippen LogP contribution in [0.1, 0.15) is 26.2 Å². The molecule has 2 heterocycles. The van der Waals surface area contributed by atoms with Crippen molar-refractivity contribution in [2.24, 2.45) is 5.92 Å². The van der Waals surface area contributed by atoms with E-state index in [-0.39, 0.29) is 6.09 Å². The predicted molar refractivity (Wildman–Crippen MR) is 62.7 cm³/mol. The van der Waals surface area contributed by atoms with Gasteiger partial charge in [-0.2, -0.15) is 0 Å². The lowest BCUT2D eigenvalue weighted by molar-refractivity contribution is 0.0997. The number of alkyl halides is 1. The van der Waals surface area contributed by atoms with Gasteiger partial charge >= 0.3 is 6.09 Å². The Morgan fingerprint density at radius 3 is 2.93 bits per heavy atom. The van der Waals surface area contributed by atoms with Gasteiger partial charge in [0.15, 0.2) is 0 Å². The summed E-state index contributed by atoms with van der Waals surface area (Å²) in [5.41, 5.74) is 0. The second kappa shape index (κ2) is 4.24. The van der Waals surface area contributed by atoms with Crippen molar-refractivity contribution in [3.05, 3.63) is 0 Å². The van der Waals surface area contributed by atoms with Gasteiger partial charge in [0.2, 0.25) is 0 Å². The lowest BCUT2D eigenvalue weighted by Crippen LogP contribution is -2.37. The van der Waals surface area contributed by atoms with Gasteiger partial charge in [-0.3, -0.25) is 0 Å². The van der Waals surface area contributed by atoms with E-state index >= 15 is 0 Å². The fourth-order valence-electron chi connectivity index (χ4n) is 2.76. The van der Waals surface area contributed by atoms with Crippen molar-refractivity contribution in [1.82, 2.24) is 4.90 Å². The van der Waals surface area contributed by atoms with Crippen molar-refractivity contribution in [1.29, 1.82) is 0 Å². The summed E-state index contributed by atoms with van der Waals surface area (Å²) in [4.78, 5) is 13.7. The normalized spacial score (nSPS) is 35.0. The van der Waals surface area contributed by atoms with E-state index in [4.69, 9.17) is 4.74 Å². The first-order valence-corrected chi connectivity index (χ1v) is 6.81. The molecule has 2 aliphatic rings. The second-order valence-electron chi connectivity index (χ2n) is 4.05. The Bertz CT molecular complexity index is 234. The lowest BCUT2D eigenvalue weighted by Gasteiger charge is -2.22. The molecule has 3 nitrogen and oxygen atoms in total. The molecule has 14 heavy (non-hydrogen) atoms. The molecule has 80 valence electrons. The van der Waals surface area contributed by atoms with Gasteiger partial charge in [0.05, 0.1) is 6.61 Å². The summed E-state index contributed by atoms with van der Waals surface area (Å²) in [6.45, 7) is 2.36. The summed E-state index contributed by atoms with van der Waals surface area (Å²) in [6, 6.07) is 0.940. The van der Waals surface area contributed by atoms with Gasteiger partial charge in [-0.25, -0.2) is 4.79 Å². The van der Waals surface area contributed by atoms with Crippen LogP contribution in [0.2, 0.25) is 0 Å². The molecule has 2 fully saturated rings. The molecule has 2 saturated heterocycles. The number of hydrogen-bond acceptors (Lipinski definition) is 2. The van der Waals surface area contributed by atoms with Crippen molar-refractivity contribution in [2.45, 2.75) is 38.3 Å². The summed E-state index contributed by atoms with van der Waals surface area (Å²) in [5.74, 6) is 0.707. The third kappa shape index (κ3) is 1.61. The predicted octanol–water partition coefficient (Wildman–Crippen LogP) is 2.43. The van der Waals surface area contributed by atoms with Crippen molar-refractivity contribution in [3.63, 3.8) is 0 Å². The van der Waals surface area contributed by atoms with Crippen LogP contribution in [0.15, 0.2) is 0 Å². The summed E-state index contributed by atoms with van der Waals surface area (Å²) < 4.78 is 6.25. The van der Waals surface area contributed by atoms with E-state index in [9.17, 15) is 4.79 Å². The standard InChI is InChI=1S/C10H16INO2/c1-2-14-10(13)12-8-3-4-9(12)7(5-8)6-11/h7-9H,2-6H2,1H3. The number of halogens is 1. The van der Waals surface area contributed by atoms with Crippen molar-refractivity contribution >= 4 is 28.7 Å². The van der Waals surface area contributed by atoms with E-state index in [0.717, 1.165) is 4.43 Å². The first kappa shape index (κ1) is 10.5. The molecule has 0 aliphatic carbocycles. The monoisotopic (exact) mass is 309 g/mol. The molecule has 0 saturated carbocycles. The second-order valence-corrected chi connectivity index (χ2v) is 4.94. The maximum atomic E-state index is 11.7. The van der Waals surface area contributed by atoms with Gasteiger partial charge < -0.3 is 9.64 Å². The highest BCUT2D eigenvalue weighted by atomic mass is 127. The van der Waals surface area contributed by atoms with Crippen LogP contribution in [0.25, 0.3) is 0 Å². The minimum atomic E-state index is -0.0904. The van der Waals surface area contributed by atoms with E-state index in [2.05, 4.69) is 22.6 Å². The fraction of sp³-hybridized carbons (Fsp3) is 0.900. The highest BCUT2D eigenvalue weighted by Crippen LogP contribution is 2.42. The Balaban J connectivity index is 2.03. The minimum Gasteiger partial charge on any atom is -0.450 e. The number of ether oxygens (including phenoxy) is 1. The summed E-state index contributed by atoms with van der Waals surface area (Å²) in [6.07, 6.45) is 3.45. The molecular formula is C10H16INO2. The first-order valence-electron chi connectivity index (χ1n) is 5.29. The number of hydrogen-bond donors (Lipinski definition) is 0. The van der Waals surface area contributed by atoms with E-state index in [1.165, 1.54) is 19.3 Å². The SMILES string of the molecule is CCOC(=O)N1C2CCC1C(CI)C2. The van der Waals surface area contributed by atoms with E-state index in [1.54, 1.807) is 0 Å². The smallest absolute Gasteiger partial charge is 0.410 e. The van der Waals surface area contributed by atoms with Crippen LogP contribution in [0.4, 0.5) is 4.79 Å².